The molecule has 39 heavy (non-hydrogen) atoms. The van der Waals surface area contributed by atoms with Crippen LogP contribution in [0.2, 0.25) is 0 Å². The second-order valence-electron chi connectivity index (χ2n) is 9.96. The lowest BCUT2D eigenvalue weighted by Gasteiger charge is -2.15. The van der Waals surface area contributed by atoms with Crippen molar-refractivity contribution in [3.05, 3.63) is 101 Å². The number of rotatable bonds is 10. The van der Waals surface area contributed by atoms with E-state index in [0.717, 1.165) is 45.7 Å². The van der Waals surface area contributed by atoms with Crippen molar-refractivity contribution in [1.29, 1.82) is 0 Å². The van der Waals surface area contributed by atoms with Gasteiger partial charge in [-0.25, -0.2) is 5.06 Å². The molecule has 7 nitrogen and oxygen atoms in total. The van der Waals surface area contributed by atoms with Crippen LogP contribution in [0.25, 0.3) is 22.5 Å². The highest BCUT2D eigenvalue weighted by Crippen LogP contribution is 2.49. The van der Waals surface area contributed by atoms with E-state index in [1.54, 1.807) is 6.92 Å². The van der Waals surface area contributed by atoms with Gasteiger partial charge in [-0.15, -0.1) is 0 Å². The SMILES string of the molecule is CCOC(=O)C1(c2ccc(-c3ccc(-c4onc(C)c4CC(=O)N(O)CCc4ccccc4)cc3)cc2)CC1. The van der Waals surface area contributed by atoms with E-state index in [2.05, 4.69) is 5.16 Å². The molecule has 0 atom stereocenters. The molecule has 1 saturated carbocycles. The highest BCUT2D eigenvalue weighted by atomic mass is 16.5. The van der Waals surface area contributed by atoms with Crippen molar-refractivity contribution in [2.45, 2.75) is 44.9 Å². The molecule has 1 aliphatic rings. The smallest absolute Gasteiger partial charge is 0.316 e. The fourth-order valence-corrected chi connectivity index (χ4v) is 4.87. The Morgan fingerprint density at radius 2 is 1.56 bits per heavy atom. The lowest BCUT2D eigenvalue weighted by atomic mass is 9.93. The van der Waals surface area contributed by atoms with Crippen molar-refractivity contribution < 1.29 is 24.1 Å². The number of hydroxylamine groups is 2. The topological polar surface area (TPSA) is 92.9 Å². The number of hydrogen-bond acceptors (Lipinski definition) is 6. The number of aryl methyl sites for hydroxylation is 1. The molecule has 1 N–H and O–H groups in total. The summed E-state index contributed by atoms with van der Waals surface area (Å²) < 4.78 is 10.9. The lowest BCUT2D eigenvalue weighted by Crippen LogP contribution is -2.31. The van der Waals surface area contributed by atoms with Gasteiger partial charge in [0.05, 0.1) is 30.7 Å². The van der Waals surface area contributed by atoms with Crippen LogP contribution in [0.4, 0.5) is 0 Å². The van der Waals surface area contributed by atoms with Crippen molar-refractivity contribution in [2.24, 2.45) is 0 Å². The molecule has 1 aromatic heterocycles. The third-order valence-electron chi connectivity index (χ3n) is 7.39. The minimum atomic E-state index is -0.484. The standard InChI is InChI=1S/C32H32N2O5/c1-3-38-31(36)32(18-19-32)27-15-13-25(14-16-27)24-9-11-26(12-10-24)30-28(22(2)33-39-30)21-29(35)34(37)20-17-23-7-5-4-6-8-23/h4-16,37H,3,17-21H2,1-2H3. The number of amides is 1. The van der Waals surface area contributed by atoms with E-state index in [1.807, 2.05) is 85.8 Å². The summed E-state index contributed by atoms with van der Waals surface area (Å²) in [6.07, 6.45) is 2.19. The predicted molar refractivity (Wildman–Crippen MR) is 147 cm³/mol. The molecule has 0 bridgehead atoms. The second kappa shape index (κ2) is 11.3. The van der Waals surface area contributed by atoms with Crippen molar-refractivity contribution in [3.63, 3.8) is 0 Å². The molecule has 0 radical (unpaired) electrons. The first kappa shape index (κ1) is 26.4. The van der Waals surface area contributed by atoms with E-state index >= 15 is 0 Å². The summed E-state index contributed by atoms with van der Waals surface area (Å²) in [5, 5.41) is 15.2. The third-order valence-corrected chi connectivity index (χ3v) is 7.39. The number of carbonyl (C=O) groups is 2. The number of ether oxygens (including phenoxy) is 1. The van der Waals surface area contributed by atoms with Gasteiger partial charge < -0.3 is 9.26 Å². The minimum Gasteiger partial charge on any atom is -0.465 e. The molecule has 0 aliphatic heterocycles. The van der Waals surface area contributed by atoms with Gasteiger partial charge in [0.15, 0.2) is 5.76 Å². The molecule has 5 rings (SSSR count). The maximum Gasteiger partial charge on any atom is 0.316 e. The van der Waals surface area contributed by atoms with Crippen molar-refractivity contribution in [1.82, 2.24) is 10.2 Å². The molecule has 1 heterocycles. The van der Waals surface area contributed by atoms with Gasteiger partial charge in [0.2, 0.25) is 0 Å². The van der Waals surface area contributed by atoms with Crippen molar-refractivity contribution in [2.75, 3.05) is 13.2 Å². The zero-order valence-electron chi connectivity index (χ0n) is 22.2. The van der Waals surface area contributed by atoms with Crippen LogP contribution in [0.3, 0.4) is 0 Å². The molecule has 0 spiro atoms. The van der Waals surface area contributed by atoms with Gasteiger partial charge in [0.25, 0.3) is 5.91 Å². The van der Waals surface area contributed by atoms with E-state index in [1.165, 1.54) is 0 Å². The summed E-state index contributed by atoms with van der Waals surface area (Å²) in [5.74, 6) is -0.0324. The van der Waals surface area contributed by atoms with Gasteiger partial charge in [-0.2, -0.15) is 0 Å². The van der Waals surface area contributed by atoms with Gasteiger partial charge in [-0.05, 0) is 55.4 Å². The molecule has 4 aromatic rings. The van der Waals surface area contributed by atoms with Gasteiger partial charge in [-0.3, -0.25) is 14.8 Å². The quantitative estimate of drug-likeness (QED) is 0.157. The first-order chi connectivity index (χ1) is 18.9. The molecular weight excluding hydrogens is 492 g/mol. The average molecular weight is 525 g/mol. The average Bonchev–Trinajstić information content (AvgIpc) is 3.71. The summed E-state index contributed by atoms with van der Waals surface area (Å²) >= 11 is 0. The fraction of sp³-hybridized carbons (Fsp3) is 0.281. The summed E-state index contributed by atoms with van der Waals surface area (Å²) in [5.41, 5.74) is 5.68. The van der Waals surface area contributed by atoms with Gasteiger partial charge in [-0.1, -0.05) is 84.0 Å². The van der Waals surface area contributed by atoms with Gasteiger partial charge >= 0.3 is 5.97 Å². The normalized spacial score (nSPS) is 13.6. The number of carbonyl (C=O) groups excluding carboxylic acids is 2. The Bertz CT molecular complexity index is 1440. The zero-order chi connectivity index (χ0) is 27.4. The highest BCUT2D eigenvalue weighted by molar-refractivity contribution is 5.87. The number of nitrogens with zero attached hydrogens (tertiary/aromatic N) is 2. The van der Waals surface area contributed by atoms with Gasteiger partial charge in [0.1, 0.15) is 0 Å². The highest BCUT2D eigenvalue weighted by Gasteiger charge is 2.52. The number of hydrogen-bond donors (Lipinski definition) is 1. The second-order valence-corrected chi connectivity index (χ2v) is 9.96. The minimum absolute atomic E-state index is 0.0125. The molecule has 1 aliphatic carbocycles. The maximum absolute atomic E-state index is 12.8. The molecule has 200 valence electrons. The molecule has 0 saturated heterocycles. The zero-order valence-corrected chi connectivity index (χ0v) is 22.2. The van der Waals surface area contributed by atoms with Crippen LogP contribution in [0.1, 0.15) is 42.1 Å². The van der Waals surface area contributed by atoms with Crippen LogP contribution >= 0.6 is 0 Å². The van der Waals surface area contributed by atoms with E-state index in [0.29, 0.717) is 30.0 Å². The molecule has 3 aromatic carbocycles. The summed E-state index contributed by atoms with van der Waals surface area (Å²) in [4.78, 5) is 25.2. The van der Waals surface area contributed by atoms with Crippen LogP contribution in [0, 0.1) is 6.92 Å². The largest absolute Gasteiger partial charge is 0.465 e. The van der Waals surface area contributed by atoms with Crippen LogP contribution < -0.4 is 0 Å². The monoisotopic (exact) mass is 524 g/mol. The van der Waals surface area contributed by atoms with E-state index in [4.69, 9.17) is 9.26 Å². The molecule has 1 fully saturated rings. The van der Waals surface area contributed by atoms with Crippen LogP contribution in [-0.2, 0) is 32.6 Å². The summed E-state index contributed by atoms with van der Waals surface area (Å²) in [6.45, 7) is 4.21. The lowest BCUT2D eigenvalue weighted by molar-refractivity contribution is -0.164. The third kappa shape index (κ3) is 5.64. The summed E-state index contributed by atoms with van der Waals surface area (Å²) in [6, 6.07) is 25.6. The molecule has 1 amide bonds. The van der Waals surface area contributed by atoms with Crippen molar-refractivity contribution >= 4 is 11.9 Å². The van der Waals surface area contributed by atoms with E-state index < -0.39 is 11.3 Å². The molecule has 7 heteroatoms. The van der Waals surface area contributed by atoms with E-state index in [-0.39, 0.29) is 18.9 Å². The Kier molecular flexibility index (Phi) is 7.61. The van der Waals surface area contributed by atoms with Crippen LogP contribution in [-0.4, -0.2) is 40.5 Å². The Hall–Kier alpha value is -4.23. The van der Waals surface area contributed by atoms with Crippen molar-refractivity contribution in [3.8, 4) is 22.5 Å². The first-order valence-corrected chi connectivity index (χ1v) is 13.3. The Morgan fingerprint density at radius 3 is 2.18 bits per heavy atom. The van der Waals surface area contributed by atoms with E-state index in [9.17, 15) is 14.8 Å². The molecular formula is C32H32N2O5. The Balaban J connectivity index is 1.26. The van der Waals surface area contributed by atoms with Crippen LogP contribution in [0.5, 0.6) is 0 Å². The maximum atomic E-state index is 12.8. The number of aromatic nitrogens is 1. The first-order valence-electron chi connectivity index (χ1n) is 13.3. The molecule has 0 unspecified atom stereocenters. The predicted octanol–water partition coefficient (Wildman–Crippen LogP) is 5.91. The van der Waals surface area contributed by atoms with Crippen LogP contribution in [0.15, 0.2) is 83.4 Å². The Morgan fingerprint density at radius 1 is 0.949 bits per heavy atom. The number of benzene rings is 3. The number of esters is 1. The van der Waals surface area contributed by atoms with Gasteiger partial charge in [0, 0.05) is 11.1 Å². The fourth-order valence-electron chi connectivity index (χ4n) is 4.87. The Labute approximate surface area is 228 Å². The summed E-state index contributed by atoms with van der Waals surface area (Å²) in [7, 11) is 0.